The van der Waals surface area contributed by atoms with Crippen LogP contribution in [0.15, 0.2) is 42.7 Å². The first-order valence-electron chi connectivity index (χ1n) is 7.86. The van der Waals surface area contributed by atoms with Gasteiger partial charge in [-0.15, -0.1) is 0 Å². The van der Waals surface area contributed by atoms with Gasteiger partial charge in [-0.3, -0.25) is 9.69 Å². The van der Waals surface area contributed by atoms with Crippen LogP contribution in [0.2, 0.25) is 0 Å². The number of aromatic nitrogens is 2. The van der Waals surface area contributed by atoms with E-state index in [-0.39, 0.29) is 19.1 Å². The number of amides is 2. The molecule has 1 atom stereocenters. The normalized spacial score (nSPS) is 17.0. The first-order valence-corrected chi connectivity index (χ1v) is 7.86. The van der Waals surface area contributed by atoms with Gasteiger partial charge in [-0.25, -0.2) is 9.78 Å². The Bertz CT molecular complexity index is 714. The summed E-state index contributed by atoms with van der Waals surface area (Å²) < 4.78 is 6.86. The van der Waals surface area contributed by atoms with Crippen molar-refractivity contribution in [3.63, 3.8) is 0 Å². The third kappa shape index (κ3) is 3.56. The maximum Gasteiger partial charge on any atom is 0.411 e. The number of hydrogen-bond donors (Lipinski definition) is 1. The molecule has 126 valence electrons. The first kappa shape index (κ1) is 16.0. The molecular formula is C17H20N4O3. The highest BCUT2D eigenvalue weighted by Gasteiger charge is 2.38. The van der Waals surface area contributed by atoms with Crippen LogP contribution in [-0.2, 0) is 29.5 Å². The highest BCUT2D eigenvalue weighted by molar-refractivity contribution is 5.87. The number of carbonyl (C=O) groups is 2. The molecule has 0 spiro atoms. The van der Waals surface area contributed by atoms with Crippen LogP contribution >= 0.6 is 0 Å². The molecule has 0 bridgehead atoms. The van der Waals surface area contributed by atoms with Crippen LogP contribution in [0.25, 0.3) is 0 Å². The van der Waals surface area contributed by atoms with E-state index < -0.39 is 12.1 Å². The summed E-state index contributed by atoms with van der Waals surface area (Å²) in [5, 5.41) is 2.88. The van der Waals surface area contributed by atoms with Gasteiger partial charge in [0.25, 0.3) is 0 Å². The summed E-state index contributed by atoms with van der Waals surface area (Å²) in [4.78, 5) is 29.9. The van der Waals surface area contributed by atoms with Crippen molar-refractivity contribution in [3.8, 4) is 0 Å². The summed E-state index contributed by atoms with van der Waals surface area (Å²) in [6.07, 6.45) is 3.71. The maximum atomic E-state index is 12.4. The van der Waals surface area contributed by atoms with Gasteiger partial charge in [0, 0.05) is 26.0 Å². The van der Waals surface area contributed by atoms with Crippen LogP contribution in [0.4, 0.5) is 4.79 Å². The molecule has 1 N–H and O–H groups in total. The van der Waals surface area contributed by atoms with Crippen LogP contribution < -0.4 is 5.32 Å². The molecule has 2 aromatic rings. The molecule has 1 aromatic heterocycles. The zero-order chi connectivity index (χ0) is 16.9. The topological polar surface area (TPSA) is 76.5 Å². The lowest BCUT2D eigenvalue weighted by Crippen LogP contribution is -2.46. The monoisotopic (exact) mass is 328 g/mol. The molecule has 2 amide bonds. The van der Waals surface area contributed by atoms with E-state index in [4.69, 9.17) is 4.74 Å². The minimum Gasteiger partial charge on any atom is -0.447 e. The highest BCUT2D eigenvalue weighted by atomic mass is 16.6. The average molecular weight is 328 g/mol. The van der Waals surface area contributed by atoms with Gasteiger partial charge in [0.1, 0.15) is 18.5 Å². The summed E-state index contributed by atoms with van der Waals surface area (Å²) in [5.41, 5.74) is 1.15. The predicted molar refractivity (Wildman–Crippen MR) is 87.0 cm³/mol. The molecule has 7 heteroatoms. The predicted octanol–water partition coefficient (Wildman–Crippen LogP) is 1.10. The Hall–Kier alpha value is -2.83. The molecule has 3 rings (SSSR count). The lowest BCUT2D eigenvalue weighted by Gasteiger charge is -2.20. The van der Waals surface area contributed by atoms with Gasteiger partial charge in [0.2, 0.25) is 5.91 Å². The Morgan fingerprint density at radius 1 is 1.38 bits per heavy atom. The van der Waals surface area contributed by atoms with E-state index in [0.29, 0.717) is 12.4 Å². The lowest BCUT2D eigenvalue weighted by atomic mass is 10.1. The fourth-order valence-electron chi connectivity index (χ4n) is 2.64. The fraction of sp³-hybridized carbons (Fsp3) is 0.353. The van der Waals surface area contributed by atoms with Crippen molar-refractivity contribution >= 4 is 12.0 Å². The van der Waals surface area contributed by atoms with E-state index in [1.807, 2.05) is 41.9 Å². The molecule has 0 saturated carbocycles. The van der Waals surface area contributed by atoms with Gasteiger partial charge in [-0.2, -0.15) is 0 Å². The van der Waals surface area contributed by atoms with Crippen LogP contribution in [-0.4, -0.2) is 45.6 Å². The molecule has 0 radical (unpaired) electrons. The number of benzene rings is 1. The van der Waals surface area contributed by atoms with E-state index in [1.54, 1.807) is 12.4 Å². The van der Waals surface area contributed by atoms with Gasteiger partial charge in [-0.05, 0) is 12.0 Å². The second kappa shape index (κ2) is 7.16. The van der Waals surface area contributed by atoms with Gasteiger partial charge in [0.15, 0.2) is 0 Å². The van der Waals surface area contributed by atoms with E-state index in [2.05, 4.69) is 10.3 Å². The minimum atomic E-state index is -0.620. The van der Waals surface area contributed by atoms with Crippen molar-refractivity contribution in [2.45, 2.75) is 19.0 Å². The zero-order valence-corrected chi connectivity index (χ0v) is 13.5. The third-order valence-corrected chi connectivity index (χ3v) is 4.07. The third-order valence-electron chi connectivity index (χ3n) is 4.07. The van der Waals surface area contributed by atoms with E-state index >= 15 is 0 Å². The minimum absolute atomic E-state index is 0.0699. The van der Waals surface area contributed by atoms with Crippen LogP contribution in [0, 0.1) is 0 Å². The second-order valence-electron chi connectivity index (χ2n) is 5.70. The molecule has 0 unspecified atom stereocenters. The van der Waals surface area contributed by atoms with Crippen molar-refractivity contribution < 1.29 is 14.3 Å². The number of ether oxygens (including phenoxy) is 1. The second-order valence-corrected chi connectivity index (χ2v) is 5.70. The fourth-order valence-corrected chi connectivity index (χ4v) is 2.64. The number of aryl methyl sites for hydroxylation is 1. The summed E-state index contributed by atoms with van der Waals surface area (Å²) in [6.45, 7) is 0.837. The molecule has 0 aliphatic carbocycles. The van der Waals surface area contributed by atoms with Crippen molar-refractivity contribution in [2.24, 2.45) is 7.05 Å². The van der Waals surface area contributed by atoms with Gasteiger partial charge in [0.05, 0.1) is 6.54 Å². The summed E-state index contributed by atoms with van der Waals surface area (Å²) in [7, 11) is 1.85. The standard InChI is InChI=1S/C17H20N4O3/c1-20-10-9-18-15(20)11-21-14(12-24-17(21)23)16(22)19-8-7-13-5-3-2-4-6-13/h2-6,9-10,14H,7-8,11-12H2,1H3,(H,19,22)/t14-/m0/s1. The number of rotatable bonds is 6. The van der Waals surface area contributed by atoms with Crippen LogP contribution in [0.5, 0.6) is 0 Å². The maximum absolute atomic E-state index is 12.4. The highest BCUT2D eigenvalue weighted by Crippen LogP contribution is 2.16. The smallest absolute Gasteiger partial charge is 0.411 e. The summed E-state index contributed by atoms with van der Waals surface area (Å²) >= 11 is 0. The first-order chi connectivity index (χ1) is 11.6. The largest absolute Gasteiger partial charge is 0.447 e. The molecule has 1 aromatic carbocycles. The quantitative estimate of drug-likeness (QED) is 0.861. The van der Waals surface area contributed by atoms with Crippen molar-refractivity contribution in [1.82, 2.24) is 19.8 Å². The van der Waals surface area contributed by atoms with Crippen LogP contribution in [0.1, 0.15) is 11.4 Å². The summed E-state index contributed by atoms with van der Waals surface area (Å²) in [6, 6.07) is 9.30. The summed E-state index contributed by atoms with van der Waals surface area (Å²) in [5.74, 6) is 0.502. The number of cyclic esters (lactones) is 1. The molecular weight excluding hydrogens is 308 g/mol. The van der Waals surface area contributed by atoms with Crippen LogP contribution in [0.3, 0.4) is 0 Å². The van der Waals surface area contributed by atoms with E-state index in [1.165, 1.54) is 4.90 Å². The van der Waals surface area contributed by atoms with E-state index in [0.717, 1.165) is 12.0 Å². The van der Waals surface area contributed by atoms with Crippen molar-refractivity contribution in [2.75, 3.05) is 13.2 Å². The molecule has 7 nitrogen and oxygen atoms in total. The van der Waals surface area contributed by atoms with E-state index in [9.17, 15) is 9.59 Å². The number of nitrogens with zero attached hydrogens (tertiary/aromatic N) is 3. The Balaban J connectivity index is 1.56. The van der Waals surface area contributed by atoms with Crippen molar-refractivity contribution in [1.29, 1.82) is 0 Å². The Labute approximate surface area is 140 Å². The average Bonchev–Trinajstić information content (AvgIpc) is 3.15. The number of imidazole rings is 1. The van der Waals surface area contributed by atoms with Crippen molar-refractivity contribution in [3.05, 3.63) is 54.1 Å². The zero-order valence-electron chi connectivity index (χ0n) is 13.5. The molecule has 24 heavy (non-hydrogen) atoms. The molecule has 1 saturated heterocycles. The Kier molecular flexibility index (Phi) is 4.79. The van der Waals surface area contributed by atoms with Gasteiger partial charge in [-0.1, -0.05) is 30.3 Å². The number of hydrogen-bond acceptors (Lipinski definition) is 4. The van der Waals surface area contributed by atoms with Gasteiger partial charge >= 0.3 is 6.09 Å². The molecule has 1 aliphatic heterocycles. The lowest BCUT2D eigenvalue weighted by molar-refractivity contribution is -0.124. The molecule has 1 aliphatic rings. The molecule has 2 heterocycles. The Morgan fingerprint density at radius 3 is 2.88 bits per heavy atom. The number of nitrogens with one attached hydrogen (secondary N) is 1. The number of carbonyl (C=O) groups excluding carboxylic acids is 2. The van der Waals surface area contributed by atoms with Gasteiger partial charge < -0.3 is 14.6 Å². The molecule has 1 fully saturated rings. The SMILES string of the molecule is Cn1ccnc1CN1C(=O)OC[C@H]1C(=O)NCCc1ccccc1. The Morgan fingerprint density at radius 2 is 2.17 bits per heavy atom.